The highest BCUT2D eigenvalue weighted by Gasteiger charge is 2.21. The van der Waals surface area contributed by atoms with E-state index in [9.17, 15) is 14.0 Å². The first kappa shape index (κ1) is 23.2. The number of aromatic nitrogens is 4. The third kappa shape index (κ3) is 4.17. The zero-order chi connectivity index (χ0) is 25.4. The van der Waals surface area contributed by atoms with Crippen LogP contribution in [0.15, 0.2) is 78.0 Å². The van der Waals surface area contributed by atoms with Crippen LogP contribution in [0.5, 0.6) is 0 Å². The van der Waals surface area contributed by atoms with Crippen LogP contribution in [0.4, 0.5) is 10.2 Å². The molecule has 36 heavy (non-hydrogen) atoms. The average Bonchev–Trinajstić information content (AvgIpc) is 3.27. The molecule has 0 radical (unpaired) electrons. The molecule has 0 aliphatic carbocycles. The molecule has 0 spiro atoms. The van der Waals surface area contributed by atoms with Gasteiger partial charge in [-0.05, 0) is 55.8 Å². The minimum atomic E-state index is -0.499. The Hall–Kier alpha value is -4.59. The lowest BCUT2D eigenvalue weighted by molar-refractivity contribution is -0.117. The van der Waals surface area contributed by atoms with Crippen molar-refractivity contribution in [2.45, 2.75) is 19.8 Å². The number of pyridine rings is 3. The number of hydrogen-bond acceptors (Lipinski definition) is 4. The minimum Gasteiger partial charge on any atom is -0.354 e. The van der Waals surface area contributed by atoms with Crippen molar-refractivity contribution in [3.05, 3.63) is 101 Å². The van der Waals surface area contributed by atoms with E-state index in [2.05, 4.69) is 20.3 Å². The summed E-state index contributed by atoms with van der Waals surface area (Å²) in [5.74, 6) is -0.749. The van der Waals surface area contributed by atoms with Gasteiger partial charge in [-0.3, -0.25) is 14.6 Å². The smallest absolute Gasteiger partial charge is 0.260 e. The summed E-state index contributed by atoms with van der Waals surface area (Å²) >= 11 is 0. The maximum Gasteiger partial charge on any atom is 0.260 e. The van der Waals surface area contributed by atoms with Crippen LogP contribution in [-0.2, 0) is 11.8 Å². The Kier molecular flexibility index (Phi) is 5.93. The number of aromatic amines is 1. The molecule has 1 unspecified atom stereocenters. The van der Waals surface area contributed by atoms with Crippen LogP contribution in [0.2, 0.25) is 0 Å². The summed E-state index contributed by atoms with van der Waals surface area (Å²) in [5, 5.41) is 3.42. The number of benzene rings is 1. The topological polar surface area (TPSA) is 92.7 Å². The molecule has 1 amide bonds. The molecule has 0 aliphatic heterocycles. The Morgan fingerprint density at radius 2 is 1.86 bits per heavy atom. The fourth-order valence-corrected chi connectivity index (χ4v) is 4.32. The first-order valence-electron chi connectivity index (χ1n) is 11.5. The summed E-state index contributed by atoms with van der Waals surface area (Å²) in [6.45, 7) is 3.66. The first-order chi connectivity index (χ1) is 17.3. The van der Waals surface area contributed by atoms with Crippen molar-refractivity contribution in [3.8, 4) is 22.4 Å². The van der Waals surface area contributed by atoms with Crippen molar-refractivity contribution in [1.82, 2.24) is 19.5 Å². The number of carbonyl (C=O) groups is 1. The number of H-pyrrole nitrogens is 1. The van der Waals surface area contributed by atoms with E-state index in [0.29, 0.717) is 22.3 Å². The minimum absolute atomic E-state index is 0.121. The van der Waals surface area contributed by atoms with Crippen molar-refractivity contribution >= 4 is 22.6 Å². The number of fused-ring (bicyclic) bond motifs is 1. The largest absolute Gasteiger partial charge is 0.354 e. The summed E-state index contributed by atoms with van der Waals surface area (Å²) in [5.41, 5.74) is 5.16. The quantitative estimate of drug-likeness (QED) is 0.362. The predicted molar refractivity (Wildman–Crippen MR) is 138 cm³/mol. The molecule has 8 heteroatoms. The van der Waals surface area contributed by atoms with E-state index in [1.54, 1.807) is 55.3 Å². The van der Waals surface area contributed by atoms with Crippen LogP contribution in [0.3, 0.4) is 0 Å². The van der Waals surface area contributed by atoms with E-state index in [1.165, 1.54) is 12.1 Å². The Balaban J connectivity index is 1.58. The summed E-state index contributed by atoms with van der Waals surface area (Å²) in [4.78, 5) is 38.2. The standard InChI is InChI=1S/C28H24FN5O2/c1-16(18-6-8-20(29)9-7-18)27(35)33-23-15-19(10-13-31-23)26-24(21-5-4-12-30-17(21)2)25-22(32-26)11-14-34(3)28(25)36/h4-16,32H,1-3H3,(H,31,33,35). The van der Waals surface area contributed by atoms with E-state index in [1.807, 2.05) is 31.2 Å². The Morgan fingerprint density at radius 1 is 1.08 bits per heavy atom. The molecule has 7 nitrogen and oxygen atoms in total. The van der Waals surface area contributed by atoms with Crippen molar-refractivity contribution in [2.24, 2.45) is 7.05 Å². The van der Waals surface area contributed by atoms with Crippen LogP contribution < -0.4 is 10.9 Å². The molecule has 4 heterocycles. The molecule has 180 valence electrons. The molecule has 0 saturated heterocycles. The molecule has 5 rings (SSSR count). The monoisotopic (exact) mass is 481 g/mol. The second-order valence-electron chi connectivity index (χ2n) is 8.72. The number of aryl methyl sites for hydroxylation is 2. The molecule has 4 aromatic heterocycles. The summed E-state index contributed by atoms with van der Waals surface area (Å²) in [6.07, 6.45) is 5.05. The van der Waals surface area contributed by atoms with Gasteiger partial charge in [0.1, 0.15) is 11.6 Å². The Morgan fingerprint density at radius 3 is 2.61 bits per heavy atom. The number of halogens is 1. The van der Waals surface area contributed by atoms with Gasteiger partial charge >= 0.3 is 0 Å². The molecule has 0 fully saturated rings. The van der Waals surface area contributed by atoms with Crippen molar-refractivity contribution in [2.75, 3.05) is 5.32 Å². The molecule has 1 atom stereocenters. The van der Waals surface area contributed by atoms with Crippen molar-refractivity contribution in [3.63, 3.8) is 0 Å². The van der Waals surface area contributed by atoms with E-state index in [-0.39, 0.29) is 17.3 Å². The normalized spacial score (nSPS) is 12.0. The van der Waals surface area contributed by atoms with Crippen LogP contribution in [-0.4, -0.2) is 25.4 Å². The van der Waals surface area contributed by atoms with Gasteiger partial charge in [0, 0.05) is 48.0 Å². The van der Waals surface area contributed by atoms with Crippen LogP contribution in [0.25, 0.3) is 33.3 Å². The molecular weight excluding hydrogens is 457 g/mol. The molecule has 5 aromatic rings. The van der Waals surface area contributed by atoms with Crippen LogP contribution in [0.1, 0.15) is 24.1 Å². The van der Waals surface area contributed by atoms with E-state index >= 15 is 0 Å². The van der Waals surface area contributed by atoms with Crippen molar-refractivity contribution in [1.29, 1.82) is 0 Å². The highest BCUT2D eigenvalue weighted by Crippen LogP contribution is 2.38. The highest BCUT2D eigenvalue weighted by atomic mass is 19.1. The second kappa shape index (κ2) is 9.22. The summed E-state index contributed by atoms with van der Waals surface area (Å²) in [6, 6.07) is 15.1. The zero-order valence-electron chi connectivity index (χ0n) is 20.0. The lowest BCUT2D eigenvalue weighted by Crippen LogP contribution is -2.19. The number of nitrogens with one attached hydrogen (secondary N) is 2. The van der Waals surface area contributed by atoms with Crippen LogP contribution >= 0.6 is 0 Å². The molecule has 2 N–H and O–H groups in total. The number of anilines is 1. The van der Waals surface area contributed by atoms with Gasteiger partial charge < -0.3 is 14.9 Å². The van der Waals surface area contributed by atoms with Gasteiger partial charge in [0.25, 0.3) is 5.56 Å². The van der Waals surface area contributed by atoms with Gasteiger partial charge in [0.05, 0.1) is 22.5 Å². The number of amides is 1. The molecule has 0 bridgehead atoms. The second-order valence-corrected chi connectivity index (χ2v) is 8.72. The third-order valence-corrected chi connectivity index (χ3v) is 6.37. The van der Waals surface area contributed by atoms with Crippen molar-refractivity contribution < 1.29 is 9.18 Å². The van der Waals surface area contributed by atoms with E-state index < -0.39 is 5.92 Å². The summed E-state index contributed by atoms with van der Waals surface area (Å²) in [7, 11) is 1.72. The predicted octanol–water partition coefficient (Wildman–Crippen LogP) is 5.18. The van der Waals surface area contributed by atoms with Gasteiger partial charge in [0.2, 0.25) is 5.91 Å². The molecule has 1 aromatic carbocycles. The number of nitrogens with zero attached hydrogens (tertiary/aromatic N) is 3. The molecular formula is C28H24FN5O2. The lowest BCUT2D eigenvalue weighted by atomic mass is 9.98. The highest BCUT2D eigenvalue weighted by molar-refractivity contribution is 6.04. The van der Waals surface area contributed by atoms with Gasteiger partial charge in [0.15, 0.2) is 0 Å². The summed E-state index contributed by atoms with van der Waals surface area (Å²) < 4.78 is 14.8. The fourth-order valence-electron chi connectivity index (χ4n) is 4.32. The van der Waals surface area contributed by atoms with Crippen LogP contribution in [0, 0.1) is 12.7 Å². The molecule has 0 aliphatic rings. The third-order valence-electron chi connectivity index (χ3n) is 6.37. The number of carbonyl (C=O) groups excluding carboxylic acids is 1. The van der Waals surface area contributed by atoms with Gasteiger partial charge in [-0.2, -0.15) is 0 Å². The van der Waals surface area contributed by atoms with Gasteiger partial charge in [-0.25, -0.2) is 9.37 Å². The van der Waals surface area contributed by atoms with E-state index in [0.717, 1.165) is 28.1 Å². The number of hydrogen-bond donors (Lipinski definition) is 2. The fraction of sp³-hybridized carbons (Fsp3) is 0.143. The maximum atomic E-state index is 13.3. The van der Waals surface area contributed by atoms with Gasteiger partial charge in [-0.1, -0.05) is 18.2 Å². The SMILES string of the molecule is Cc1ncccc1-c1c(-c2ccnc(NC(=O)C(C)c3ccc(F)cc3)c2)[nH]c2ccn(C)c(=O)c12. The van der Waals surface area contributed by atoms with Gasteiger partial charge in [-0.15, -0.1) is 0 Å². The Bertz CT molecular complexity index is 1650. The first-order valence-corrected chi connectivity index (χ1v) is 11.5. The molecule has 0 saturated carbocycles. The Labute approximate surface area is 206 Å². The average molecular weight is 482 g/mol. The maximum absolute atomic E-state index is 13.3. The van der Waals surface area contributed by atoms with E-state index in [4.69, 9.17) is 0 Å². The number of rotatable bonds is 5. The lowest BCUT2D eigenvalue weighted by Gasteiger charge is -2.13. The zero-order valence-corrected chi connectivity index (χ0v) is 20.0.